The van der Waals surface area contributed by atoms with Gasteiger partial charge in [0.25, 0.3) is 0 Å². The number of hydrogen-bond acceptors (Lipinski definition) is 2. The molecule has 1 aliphatic carbocycles. The number of carbonyl (C=O) groups is 1. The highest BCUT2D eigenvalue weighted by molar-refractivity contribution is 5.84. The lowest BCUT2D eigenvalue weighted by Gasteiger charge is -2.31. The minimum atomic E-state index is -0.0378. The standard InChI is InChI=1S/C12H22N2O/c1-3-7-14(2)11(15)12-6-4-5-10(12)8-13-9-12/h10,13H,3-9H2,1-2H3/t10-,12-/m1/s1. The minimum absolute atomic E-state index is 0.0378. The molecule has 0 radical (unpaired) electrons. The van der Waals surface area contributed by atoms with Crippen LogP contribution in [-0.4, -0.2) is 37.5 Å². The molecule has 2 aliphatic rings. The molecule has 86 valence electrons. The fourth-order valence-corrected chi connectivity index (χ4v) is 3.32. The molecule has 0 aromatic carbocycles. The van der Waals surface area contributed by atoms with Gasteiger partial charge in [-0.05, 0) is 31.7 Å². The van der Waals surface area contributed by atoms with Crippen LogP contribution >= 0.6 is 0 Å². The van der Waals surface area contributed by atoms with Crippen molar-refractivity contribution in [2.45, 2.75) is 32.6 Å². The van der Waals surface area contributed by atoms with Crippen molar-refractivity contribution in [1.82, 2.24) is 10.2 Å². The number of nitrogens with zero attached hydrogens (tertiary/aromatic N) is 1. The molecule has 1 saturated heterocycles. The first-order chi connectivity index (χ1) is 7.20. The smallest absolute Gasteiger partial charge is 0.230 e. The Morgan fingerprint density at radius 1 is 1.60 bits per heavy atom. The van der Waals surface area contributed by atoms with Crippen LogP contribution in [0.1, 0.15) is 32.6 Å². The van der Waals surface area contributed by atoms with Crippen LogP contribution in [-0.2, 0) is 4.79 Å². The van der Waals surface area contributed by atoms with Gasteiger partial charge < -0.3 is 10.2 Å². The van der Waals surface area contributed by atoms with Crippen LogP contribution in [0.5, 0.6) is 0 Å². The maximum Gasteiger partial charge on any atom is 0.230 e. The van der Waals surface area contributed by atoms with Crippen molar-refractivity contribution < 1.29 is 4.79 Å². The normalized spacial score (nSPS) is 34.1. The van der Waals surface area contributed by atoms with Crippen LogP contribution in [0.3, 0.4) is 0 Å². The Hall–Kier alpha value is -0.570. The van der Waals surface area contributed by atoms with Gasteiger partial charge in [0, 0.05) is 20.1 Å². The average Bonchev–Trinajstić information content (AvgIpc) is 2.75. The minimum Gasteiger partial charge on any atom is -0.345 e. The lowest BCUT2D eigenvalue weighted by atomic mass is 9.79. The summed E-state index contributed by atoms with van der Waals surface area (Å²) in [5.41, 5.74) is -0.0378. The molecule has 3 nitrogen and oxygen atoms in total. The predicted octanol–water partition coefficient (Wildman–Crippen LogP) is 1.24. The van der Waals surface area contributed by atoms with Gasteiger partial charge in [0.15, 0.2) is 0 Å². The molecule has 0 bridgehead atoms. The second kappa shape index (κ2) is 4.12. The van der Waals surface area contributed by atoms with Crippen molar-refractivity contribution in [3.05, 3.63) is 0 Å². The van der Waals surface area contributed by atoms with Gasteiger partial charge in [0.1, 0.15) is 0 Å². The number of rotatable bonds is 3. The van der Waals surface area contributed by atoms with Gasteiger partial charge in [0.05, 0.1) is 5.41 Å². The van der Waals surface area contributed by atoms with E-state index < -0.39 is 0 Å². The van der Waals surface area contributed by atoms with Crippen LogP contribution < -0.4 is 5.32 Å². The molecule has 1 N–H and O–H groups in total. The largest absolute Gasteiger partial charge is 0.345 e. The van der Waals surface area contributed by atoms with E-state index in [0.717, 1.165) is 32.5 Å². The summed E-state index contributed by atoms with van der Waals surface area (Å²) in [5.74, 6) is 0.987. The molecule has 2 rings (SSSR count). The van der Waals surface area contributed by atoms with E-state index in [2.05, 4.69) is 12.2 Å². The van der Waals surface area contributed by atoms with E-state index in [1.165, 1.54) is 12.8 Å². The van der Waals surface area contributed by atoms with Crippen LogP contribution in [0, 0.1) is 11.3 Å². The lowest BCUT2D eigenvalue weighted by Crippen LogP contribution is -2.45. The molecule has 0 spiro atoms. The Labute approximate surface area is 92.2 Å². The quantitative estimate of drug-likeness (QED) is 0.760. The van der Waals surface area contributed by atoms with Crippen LogP contribution in [0.2, 0.25) is 0 Å². The number of amides is 1. The second-order valence-corrected chi connectivity index (χ2v) is 5.10. The second-order valence-electron chi connectivity index (χ2n) is 5.10. The van der Waals surface area contributed by atoms with Crippen molar-refractivity contribution in [2.75, 3.05) is 26.7 Å². The zero-order chi connectivity index (χ0) is 10.9. The first-order valence-corrected chi connectivity index (χ1v) is 6.17. The highest BCUT2D eigenvalue weighted by atomic mass is 16.2. The molecular weight excluding hydrogens is 188 g/mol. The maximum absolute atomic E-state index is 12.4. The molecule has 0 unspecified atom stereocenters. The third-order valence-corrected chi connectivity index (χ3v) is 4.12. The first-order valence-electron chi connectivity index (χ1n) is 6.17. The van der Waals surface area contributed by atoms with Crippen molar-refractivity contribution in [3.8, 4) is 0 Å². The molecule has 1 aliphatic heterocycles. The molecule has 1 amide bonds. The molecular formula is C12H22N2O. The van der Waals surface area contributed by atoms with E-state index in [-0.39, 0.29) is 5.41 Å². The van der Waals surface area contributed by atoms with Gasteiger partial charge in [-0.1, -0.05) is 13.3 Å². The SMILES string of the molecule is CCCN(C)C(=O)[C@@]12CCC[C@@H]1CNC2. The molecule has 0 aromatic rings. The third kappa shape index (κ3) is 1.67. The Morgan fingerprint density at radius 2 is 2.40 bits per heavy atom. The zero-order valence-electron chi connectivity index (χ0n) is 9.88. The lowest BCUT2D eigenvalue weighted by molar-refractivity contribution is -0.141. The summed E-state index contributed by atoms with van der Waals surface area (Å²) in [5, 5.41) is 3.40. The summed E-state index contributed by atoms with van der Waals surface area (Å²) in [6.45, 7) is 4.98. The summed E-state index contributed by atoms with van der Waals surface area (Å²) in [7, 11) is 1.95. The van der Waals surface area contributed by atoms with Gasteiger partial charge in [-0.3, -0.25) is 4.79 Å². The van der Waals surface area contributed by atoms with Gasteiger partial charge in [-0.2, -0.15) is 0 Å². The van der Waals surface area contributed by atoms with Crippen LogP contribution in [0.4, 0.5) is 0 Å². The van der Waals surface area contributed by atoms with Gasteiger partial charge in [0.2, 0.25) is 5.91 Å². The molecule has 1 saturated carbocycles. The van der Waals surface area contributed by atoms with E-state index in [1.54, 1.807) is 0 Å². The summed E-state index contributed by atoms with van der Waals surface area (Å²) in [6, 6.07) is 0. The van der Waals surface area contributed by atoms with E-state index in [0.29, 0.717) is 11.8 Å². The summed E-state index contributed by atoms with van der Waals surface area (Å²) < 4.78 is 0. The molecule has 2 atom stereocenters. The fraction of sp³-hybridized carbons (Fsp3) is 0.917. The number of fused-ring (bicyclic) bond motifs is 1. The number of carbonyl (C=O) groups excluding carboxylic acids is 1. The van der Waals surface area contributed by atoms with E-state index in [9.17, 15) is 4.79 Å². The molecule has 2 fully saturated rings. The Balaban J connectivity index is 2.10. The Bertz CT molecular complexity index is 242. The molecule has 3 heteroatoms. The monoisotopic (exact) mass is 210 g/mol. The topological polar surface area (TPSA) is 32.3 Å². The van der Waals surface area contributed by atoms with Crippen molar-refractivity contribution in [1.29, 1.82) is 0 Å². The van der Waals surface area contributed by atoms with Crippen LogP contribution in [0.15, 0.2) is 0 Å². The molecule has 0 aromatic heterocycles. The highest BCUT2D eigenvalue weighted by Gasteiger charge is 2.52. The average molecular weight is 210 g/mol. The van der Waals surface area contributed by atoms with E-state index >= 15 is 0 Å². The van der Waals surface area contributed by atoms with Crippen molar-refractivity contribution in [2.24, 2.45) is 11.3 Å². The van der Waals surface area contributed by atoms with Gasteiger partial charge in [-0.15, -0.1) is 0 Å². The maximum atomic E-state index is 12.4. The Kier molecular flexibility index (Phi) is 3.01. The molecule has 15 heavy (non-hydrogen) atoms. The fourth-order valence-electron chi connectivity index (χ4n) is 3.32. The number of nitrogens with one attached hydrogen (secondary N) is 1. The highest BCUT2D eigenvalue weighted by Crippen LogP contribution is 2.46. The first kappa shape index (κ1) is 10.9. The van der Waals surface area contributed by atoms with Crippen molar-refractivity contribution >= 4 is 5.91 Å². The predicted molar refractivity (Wildman–Crippen MR) is 60.6 cm³/mol. The number of hydrogen-bond donors (Lipinski definition) is 1. The van der Waals surface area contributed by atoms with E-state index in [1.807, 2.05) is 11.9 Å². The Morgan fingerprint density at radius 3 is 3.13 bits per heavy atom. The summed E-state index contributed by atoms with van der Waals surface area (Å²) in [4.78, 5) is 14.4. The van der Waals surface area contributed by atoms with Gasteiger partial charge in [-0.25, -0.2) is 0 Å². The summed E-state index contributed by atoms with van der Waals surface area (Å²) in [6.07, 6.45) is 4.62. The zero-order valence-corrected chi connectivity index (χ0v) is 9.88. The molecule has 1 heterocycles. The van der Waals surface area contributed by atoms with Gasteiger partial charge >= 0.3 is 0 Å². The van der Waals surface area contributed by atoms with Crippen molar-refractivity contribution in [3.63, 3.8) is 0 Å². The third-order valence-electron chi connectivity index (χ3n) is 4.12. The summed E-state index contributed by atoms with van der Waals surface area (Å²) >= 11 is 0. The van der Waals surface area contributed by atoms with E-state index in [4.69, 9.17) is 0 Å². The van der Waals surface area contributed by atoms with Crippen LogP contribution in [0.25, 0.3) is 0 Å².